The average molecular weight is 213 g/mol. The van der Waals surface area contributed by atoms with Gasteiger partial charge in [0.2, 0.25) is 5.91 Å². The number of likely N-dealkylation sites (tertiary alicyclic amines) is 1. The van der Waals surface area contributed by atoms with Crippen molar-refractivity contribution in [3.05, 3.63) is 0 Å². The van der Waals surface area contributed by atoms with E-state index < -0.39 is 0 Å². The van der Waals surface area contributed by atoms with Crippen LogP contribution in [0.15, 0.2) is 0 Å². The molecule has 1 fully saturated rings. The molecule has 0 spiro atoms. The van der Waals surface area contributed by atoms with Gasteiger partial charge in [0.1, 0.15) is 0 Å². The Kier molecular flexibility index (Phi) is 4.39. The molecule has 86 valence electrons. The molecular formula is C10H19N3O2. The van der Waals surface area contributed by atoms with Gasteiger partial charge in [-0.1, -0.05) is 13.8 Å². The zero-order chi connectivity index (χ0) is 11.3. The van der Waals surface area contributed by atoms with Crippen LogP contribution in [0.25, 0.3) is 0 Å². The minimum absolute atomic E-state index is 0.0715. The van der Waals surface area contributed by atoms with Gasteiger partial charge in [-0.3, -0.25) is 4.79 Å². The normalized spacial score (nSPS) is 14.7. The van der Waals surface area contributed by atoms with Gasteiger partial charge in [0, 0.05) is 19.6 Å². The molecule has 0 radical (unpaired) electrons. The summed E-state index contributed by atoms with van der Waals surface area (Å²) in [5, 5.41) is 5.32. The van der Waals surface area contributed by atoms with Gasteiger partial charge in [-0.15, -0.1) is 0 Å². The van der Waals surface area contributed by atoms with Crippen LogP contribution in [0.4, 0.5) is 4.79 Å². The van der Waals surface area contributed by atoms with Crippen LogP contribution < -0.4 is 10.6 Å². The highest BCUT2D eigenvalue weighted by Crippen LogP contribution is 2.04. The Labute approximate surface area is 90.2 Å². The molecule has 2 N–H and O–H groups in total. The van der Waals surface area contributed by atoms with E-state index in [4.69, 9.17) is 0 Å². The van der Waals surface area contributed by atoms with Crippen LogP contribution in [0.2, 0.25) is 0 Å². The summed E-state index contributed by atoms with van der Waals surface area (Å²) in [5.41, 5.74) is 0. The van der Waals surface area contributed by atoms with Crippen molar-refractivity contribution < 1.29 is 9.59 Å². The monoisotopic (exact) mass is 213 g/mol. The van der Waals surface area contributed by atoms with Crippen molar-refractivity contribution in [2.75, 3.05) is 26.2 Å². The van der Waals surface area contributed by atoms with Gasteiger partial charge in [0.25, 0.3) is 0 Å². The second-order valence-corrected chi connectivity index (χ2v) is 4.20. The molecule has 0 atom stereocenters. The van der Waals surface area contributed by atoms with E-state index in [-0.39, 0.29) is 18.5 Å². The van der Waals surface area contributed by atoms with E-state index in [1.807, 2.05) is 13.8 Å². The molecule has 1 heterocycles. The number of carbonyl (C=O) groups excluding carboxylic acids is 2. The Morgan fingerprint density at radius 3 is 2.40 bits per heavy atom. The van der Waals surface area contributed by atoms with Crippen molar-refractivity contribution in [2.24, 2.45) is 5.92 Å². The maximum absolute atomic E-state index is 11.3. The van der Waals surface area contributed by atoms with E-state index in [9.17, 15) is 9.59 Å². The van der Waals surface area contributed by atoms with Crippen LogP contribution in [0.5, 0.6) is 0 Å². The van der Waals surface area contributed by atoms with Crippen molar-refractivity contribution >= 4 is 11.9 Å². The Morgan fingerprint density at radius 1 is 1.27 bits per heavy atom. The lowest BCUT2D eigenvalue weighted by Gasteiger charge is -2.30. The lowest BCUT2D eigenvalue weighted by Crippen LogP contribution is -2.50. The standard InChI is InChI=1S/C10H19N3O2/c1-8(2)6-11-9(14)7-12-10(15)13-4-3-5-13/h8H,3-7H2,1-2H3,(H,11,14)(H,12,15). The maximum atomic E-state index is 11.3. The average Bonchev–Trinajstić information content (AvgIpc) is 2.08. The predicted octanol–water partition coefficient (Wildman–Crippen LogP) is 0.174. The first-order valence-electron chi connectivity index (χ1n) is 5.39. The van der Waals surface area contributed by atoms with Gasteiger partial charge in [0.15, 0.2) is 0 Å². The van der Waals surface area contributed by atoms with Crippen molar-refractivity contribution in [3.63, 3.8) is 0 Å². The number of urea groups is 1. The third-order valence-corrected chi connectivity index (χ3v) is 2.25. The first kappa shape index (κ1) is 11.8. The highest BCUT2D eigenvalue weighted by molar-refractivity contribution is 5.84. The molecule has 5 heteroatoms. The van der Waals surface area contributed by atoms with Crippen LogP contribution in [0.3, 0.4) is 0 Å². The fraction of sp³-hybridized carbons (Fsp3) is 0.800. The van der Waals surface area contributed by atoms with Gasteiger partial charge in [-0.2, -0.15) is 0 Å². The van der Waals surface area contributed by atoms with Crippen LogP contribution in [-0.4, -0.2) is 43.0 Å². The SMILES string of the molecule is CC(C)CNC(=O)CNC(=O)N1CCC1. The van der Waals surface area contributed by atoms with E-state index in [1.54, 1.807) is 4.90 Å². The molecule has 0 aliphatic carbocycles. The molecular weight excluding hydrogens is 194 g/mol. The quantitative estimate of drug-likeness (QED) is 0.699. The number of hydrogen-bond acceptors (Lipinski definition) is 2. The molecule has 1 aliphatic rings. The van der Waals surface area contributed by atoms with E-state index in [0.29, 0.717) is 12.5 Å². The summed E-state index contributed by atoms with van der Waals surface area (Å²) in [4.78, 5) is 24.2. The number of carbonyl (C=O) groups is 2. The molecule has 0 saturated carbocycles. The van der Waals surface area contributed by atoms with Crippen LogP contribution in [-0.2, 0) is 4.79 Å². The number of hydrogen-bond donors (Lipinski definition) is 2. The Morgan fingerprint density at radius 2 is 1.93 bits per heavy atom. The van der Waals surface area contributed by atoms with Crippen LogP contribution in [0.1, 0.15) is 20.3 Å². The van der Waals surface area contributed by atoms with Crippen molar-refractivity contribution in [3.8, 4) is 0 Å². The highest BCUT2D eigenvalue weighted by atomic mass is 16.2. The molecule has 0 unspecified atom stereocenters. The van der Waals surface area contributed by atoms with Crippen LogP contribution >= 0.6 is 0 Å². The van der Waals surface area contributed by atoms with Gasteiger partial charge >= 0.3 is 6.03 Å². The van der Waals surface area contributed by atoms with E-state index in [1.165, 1.54) is 0 Å². The molecule has 15 heavy (non-hydrogen) atoms. The summed E-state index contributed by atoms with van der Waals surface area (Å²) < 4.78 is 0. The Hall–Kier alpha value is -1.26. The summed E-state index contributed by atoms with van der Waals surface area (Å²) in [6.07, 6.45) is 1.06. The van der Waals surface area contributed by atoms with Gasteiger partial charge in [-0.25, -0.2) is 4.79 Å². The first-order chi connectivity index (χ1) is 7.09. The molecule has 0 aromatic heterocycles. The predicted molar refractivity (Wildman–Crippen MR) is 57.4 cm³/mol. The molecule has 1 aliphatic heterocycles. The number of amides is 3. The molecule has 3 amide bonds. The summed E-state index contributed by atoms with van der Waals surface area (Å²) in [5.74, 6) is 0.303. The molecule has 5 nitrogen and oxygen atoms in total. The van der Waals surface area contributed by atoms with E-state index in [0.717, 1.165) is 19.5 Å². The Balaban J connectivity index is 2.07. The topological polar surface area (TPSA) is 61.4 Å². The number of nitrogens with one attached hydrogen (secondary N) is 2. The second-order valence-electron chi connectivity index (χ2n) is 4.20. The molecule has 0 aromatic carbocycles. The van der Waals surface area contributed by atoms with Gasteiger partial charge in [-0.05, 0) is 12.3 Å². The first-order valence-corrected chi connectivity index (χ1v) is 5.39. The van der Waals surface area contributed by atoms with Gasteiger partial charge < -0.3 is 15.5 Å². The zero-order valence-electron chi connectivity index (χ0n) is 9.38. The largest absolute Gasteiger partial charge is 0.354 e. The smallest absolute Gasteiger partial charge is 0.317 e. The summed E-state index contributed by atoms with van der Waals surface area (Å²) in [6, 6.07) is -0.138. The molecule has 1 rings (SSSR count). The van der Waals surface area contributed by atoms with Crippen LogP contribution in [0, 0.1) is 5.92 Å². The summed E-state index contributed by atoms with van der Waals surface area (Å²) in [7, 11) is 0. The third kappa shape index (κ3) is 4.18. The Bertz CT molecular complexity index is 237. The van der Waals surface area contributed by atoms with Crippen molar-refractivity contribution in [1.29, 1.82) is 0 Å². The zero-order valence-corrected chi connectivity index (χ0v) is 9.38. The minimum Gasteiger partial charge on any atom is -0.354 e. The van der Waals surface area contributed by atoms with Gasteiger partial charge in [0.05, 0.1) is 6.54 Å². The fourth-order valence-electron chi connectivity index (χ4n) is 1.17. The van der Waals surface area contributed by atoms with Crippen molar-refractivity contribution in [2.45, 2.75) is 20.3 Å². The summed E-state index contributed by atoms with van der Waals surface area (Å²) in [6.45, 7) is 6.39. The summed E-state index contributed by atoms with van der Waals surface area (Å²) >= 11 is 0. The molecule has 1 saturated heterocycles. The number of rotatable bonds is 4. The molecule has 0 bridgehead atoms. The maximum Gasteiger partial charge on any atom is 0.317 e. The lowest BCUT2D eigenvalue weighted by atomic mass is 10.2. The third-order valence-electron chi connectivity index (χ3n) is 2.25. The lowest BCUT2D eigenvalue weighted by molar-refractivity contribution is -0.120. The van der Waals surface area contributed by atoms with Crippen molar-refractivity contribution in [1.82, 2.24) is 15.5 Å². The number of nitrogens with zero attached hydrogens (tertiary/aromatic N) is 1. The molecule has 0 aromatic rings. The fourth-order valence-corrected chi connectivity index (χ4v) is 1.17. The van der Waals surface area contributed by atoms with E-state index >= 15 is 0 Å². The highest BCUT2D eigenvalue weighted by Gasteiger charge is 2.19. The second kappa shape index (κ2) is 5.58. The van der Waals surface area contributed by atoms with E-state index in [2.05, 4.69) is 10.6 Å². The minimum atomic E-state index is -0.138.